The first-order chi connectivity index (χ1) is 15.7. The van der Waals surface area contributed by atoms with Crippen LogP contribution in [-0.4, -0.2) is 45.2 Å². The summed E-state index contributed by atoms with van der Waals surface area (Å²) < 4.78 is 21.4. The number of methoxy groups -OCH3 is 2. The molecule has 0 aliphatic carbocycles. The third-order valence-electron chi connectivity index (χ3n) is 4.23. The molecule has 0 fully saturated rings. The van der Waals surface area contributed by atoms with E-state index in [4.69, 9.17) is 42.1 Å². The number of nitrogens with one attached hydrogen (secondary N) is 1. The van der Waals surface area contributed by atoms with Crippen LogP contribution in [-0.2, 0) is 9.59 Å². The Morgan fingerprint density at radius 2 is 1.55 bits per heavy atom. The van der Waals surface area contributed by atoms with Crippen LogP contribution in [0, 0.1) is 0 Å². The normalized spacial score (nSPS) is 11.7. The Hall–Kier alpha value is -3.04. The predicted molar refractivity (Wildman–Crippen MR) is 126 cm³/mol. The molecule has 0 saturated carbocycles. The molecule has 1 unspecified atom stereocenters. The standard InChI is InChI=1S/C22H25Cl2N3O6/c1-6-32-14-10-15(19(23)18(11-14)33-7-2)26-27-21(12(3)28)22(29)25-13-8-16(30-4)20(24)17(9-13)31-5/h8-11,21H,6-7H2,1-5H3,(H,25,29). The molecule has 1 atom stereocenters. The number of Topliss-reactive ketones (excluding diaryl/α,β-unsaturated/α-hetero) is 1. The smallest absolute Gasteiger partial charge is 0.258 e. The zero-order valence-electron chi connectivity index (χ0n) is 18.9. The minimum atomic E-state index is -1.43. The second-order valence-corrected chi connectivity index (χ2v) is 7.29. The second kappa shape index (κ2) is 12.3. The number of nitrogens with zero attached hydrogens (tertiary/aromatic N) is 2. The van der Waals surface area contributed by atoms with Gasteiger partial charge in [0.05, 0.1) is 27.4 Å². The fraction of sp³-hybridized carbons (Fsp3) is 0.364. The van der Waals surface area contributed by atoms with Crippen molar-refractivity contribution >= 4 is 46.3 Å². The lowest BCUT2D eigenvalue weighted by molar-refractivity contribution is -0.126. The van der Waals surface area contributed by atoms with Gasteiger partial charge in [0.25, 0.3) is 5.91 Å². The van der Waals surface area contributed by atoms with E-state index >= 15 is 0 Å². The van der Waals surface area contributed by atoms with E-state index in [1.54, 1.807) is 12.1 Å². The van der Waals surface area contributed by atoms with Crippen molar-refractivity contribution in [1.82, 2.24) is 0 Å². The predicted octanol–water partition coefficient (Wildman–Crippen LogP) is 5.49. The number of hydrogen-bond donors (Lipinski definition) is 1. The molecule has 0 radical (unpaired) electrons. The molecule has 0 aromatic heterocycles. The van der Waals surface area contributed by atoms with Crippen LogP contribution in [0.3, 0.4) is 0 Å². The van der Waals surface area contributed by atoms with Crippen molar-refractivity contribution in [3.05, 3.63) is 34.3 Å². The fourth-order valence-corrected chi connectivity index (χ4v) is 3.20. The molecule has 0 heterocycles. The Balaban J connectivity index is 2.35. The van der Waals surface area contributed by atoms with Crippen molar-refractivity contribution in [2.24, 2.45) is 10.2 Å². The maximum Gasteiger partial charge on any atom is 0.258 e. The van der Waals surface area contributed by atoms with Crippen LogP contribution >= 0.6 is 23.2 Å². The topological polar surface area (TPSA) is 108 Å². The number of ether oxygens (including phenoxy) is 4. The number of amides is 1. The highest BCUT2D eigenvalue weighted by atomic mass is 35.5. The van der Waals surface area contributed by atoms with E-state index < -0.39 is 17.7 Å². The summed E-state index contributed by atoms with van der Waals surface area (Å²) in [6.07, 6.45) is 0. The van der Waals surface area contributed by atoms with Gasteiger partial charge < -0.3 is 24.3 Å². The third kappa shape index (κ3) is 6.72. The first kappa shape index (κ1) is 26.2. The van der Waals surface area contributed by atoms with Crippen molar-refractivity contribution in [3.63, 3.8) is 0 Å². The van der Waals surface area contributed by atoms with Crippen molar-refractivity contribution in [1.29, 1.82) is 0 Å². The fourth-order valence-electron chi connectivity index (χ4n) is 2.73. The molecule has 0 saturated heterocycles. The first-order valence-electron chi connectivity index (χ1n) is 9.98. The van der Waals surface area contributed by atoms with Gasteiger partial charge in [0.1, 0.15) is 38.7 Å². The van der Waals surface area contributed by atoms with Gasteiger partial charge >= 0.3 is 0 Å². The largest absolute Gasteiger partial charge is 0.495 e. The van der Waals surface area contributed by atoms with Gasteiger partial charge in [-0.05, 0) is 20.8 Å². The Kier molecular flexibility index (Phi) is 9.74. The van der Waals surface area contributed by atoms with Crippen LogP contribution in [0.15, 0.2) is 34.5 Å². The quantitative estimate of drug-likeness (QED) is 0.324. The van der Waals surface area contributed by atoms with E-state index in [9.17, 15) is 9.59 Å². The summed E-state index contributed by atoms with van der Waals surface area (Å²) in [5, 5.41) is 11.0. The monoisotopic (exact) mass is 497 g/mol. The third-order valence-corrected chi connectivity index (χ3v) is 4.98. The highest BCUT2D eigenvalue weighted by molar-refractivity contribution is 6.34. The number of carbonyl (C=O) groups is 2. The number of carbonyl (C=O) groups excluding carboxylic acids is 2. The van der Waals surface area contributed by atoms with Crippen LogP contribution in [0.5, 0.6) is 23.0 Å². The number of rotatable bonds is 11. The summed E-state index contributed by atoms with van der Waals surface area (Å²) in [6, 6.07) is 4.73. The van der Waals surface area contributed by atoms with Crippen LogP contribution in [0.1, 0.15) is 20.8 Å². The van der Waals surface area contributed by atoms with Gasteiger partial charge in [0.2, 0.25) is 6.04 Å². The lowest BCUT2D eigenvalue weighted by atomic mass is 10.2. The van der Waals surface area contributed by atoms with Crippen molar-refractivity contribution in [2.45, 2.75) is 26.8 Å². The maximum atomic E-state index is 12.8. The molecule has 9 nitrogen and oxygen atoms in total. The SMILES string of the molecule is CCOc1cc(N=NC(C(C)=O)C(=O)Nc2cc(OC)c(Cl)c(OC)c2)c(Cl)c(OCC)c1. The molecule has 33 heavy (non-hydrogen) atoms. The van der Waals surface area contributed by atoms with E-state index in [1.807, 2.05) is 13.8 Å². The van der Waals surface area contributed by atoms with E-state index in [0.717, 1.165) is 0 Å². The molecule has 2 aromatic rings. The molecule has 1 amide bonds. The first-order valence-corrected chi connectivity index (χ1v) is 10.7. The number of halogens is 2. The van der Waals surface area contributed by atoms with E-state index in [1.165, 1.54) is 33.3 Å². The molecule has 0 aliphatic heterocycles. The molecular weight excluding hydrogens is 473 g/mol. The summed E-state index contributed by atoms with van der Waals surface area (Å²) >= 11 is 12.5. The summed E-state index contributed by atoms with van der Waals surface area (Å²) in [4.78, 5) is 25.0. The van der Waals surface area contributed by atoms with Gasteiger partial charge in [-0.2, -0.15) is 10.2 Å². The second-order valence-electron chi connectivity index (χ2n) is 6.53. The molecule has 2 aromatic carbocycles. The van der Waals surface area contributed by atoms with Gasteiger partial charge in [0, 0.05) is 30.0 Å². The zero-order chi connectivity index (χ0) is 24.5. The van der Waals surface area contributed by atoms with Crippen molar-refractivity contribution < 1.29 is 28.5 Å². The highest BCUT2D eigenvalue weighted by Gasteiger charge is 2.24. The number of anilines is 1. The average molecular weight is 498 g/mol. The zero-order valence-corrected chi connectivity index (χ0v) is 20.4. The van der Waals surface area contributed by atoms with E-state index in [2.05, 4.69) is 15.5 Å². The molecule has 178 valence electrons. The van der Waals surface area contributed by atoms with Crippen LogP contribution < -0.4 is 24.3 Å². The Labute approximate surface area is 202 Å². The Morgan fingerprint density at radius 1 is 0.939 bits per heavy atom. The van der Waals surface area contributed by atoms with Gasteiger partial charge in [-0.3, -0.25) is 9.59 Å². The molecule has 0 aliphatic rings. The number of benzene rings is 2. The number of hydrogen-bond acceptors (Lipinski definition) is 8. The number of azo groups is 1. The molecular formula is C22H25Cl2N3O6. The minimum Gasteiger partial charge on any atom is -0.495 e. The highest BCUT2D eigenvalue weighted by Crippen LogP contribution is 2.39. The van der Waals surface area contributed by atoms with Gasteiger partial charge in [-0.15, -0.1) is 0 Å². The van der Waals surface area contributed by atoms with Crippen molar-refractivity contribution in [3.8, 4) is 23.0 Å². The Bertz CT molecular complexity index is 1020. The van der Waals surface area contributed by atoms with Gasteiger partial charge in [-0.25, -0.2) is 0 Å². The van der Waals surface area contributed by atoms with E-state index in [0.29, 0.717) is 30.4 Å². The van der Waals surface area contributed by atoms with Gasteiger partial charge in [-0.1, -0.05) is 23.2 Å². The lowest BCUT2D eigenvalue weighted by Crippen LogP contribution is -2.31. The Morgan fingerprint density at radius 3 is 2.06 bits per heavy atom. The van der Waals surface area contributed by atoms with Crippen LogP contribution in [0.4, 0.5) is 11.4 Å². The van der Waals surface area contributed by atoms with Crippen LogP contribution in [0.25, 0.3) is 0 Å². The molecule has 1 N–H and O–H groups in total. The number of ketones is 1. The minimum absolute atomic E-state index is 0.180. The molecule has 2 rings (SSSR count). The lowest BCUT2D eigenvalue weighted by Gasteiger charge is -2.14. The van der Waals surface area contributed by atoms with Crippen LogP contribution in [0.2, 0.25) is 10.0 Å². The molecule has 0 bridgehead atoms. The maximum absolute atomic E-state index is 12.8. The van der Waals surface area contributed by atoms with Gasteiger partial charge in [0.15, 0.2) is 5.78 Å². The summed E-state index contributed by atoms with van der Waals surface area (Å²) in [7, 11) is 2.85. The van der Waals surface area contributed by atoms with E-state index in [-0.39, 0.29) is 27.2 Å². The van der Waals surface area contributed by atoms with Crippen molar-refractivity contribution in [2.75, 3.05) is 32.8 Å². The summed E-state index contributed by atoms with van der Waals surface area (Å²) in [5.74, 6) is 0.156. The molecule has 11 heteroatoms. The molecule has 0 spiro atoms. The summed E-state index contributed by atoms with van der Waals surface area (Å²) in [5.41, 5.74) is 0.495. The summed E-state index contributed by atoms with van der Waals surface area (Å²) in [6.45, 7) is 5.65. The average Bonchev–Trinajstić information content (AvgIpc) is 2.77.